The number of halogens is 1. The molecule has 0 radical (unpaired) electrons. The number of hydrogen-bond acceptors (Lipinski definition) is 6. The van der Waals surface area contributed by atoms with Gasteiger partial charge in [0.1, 0.15) is 18.6 Å². The van der Waals surface area contributed by atoms with E-state index in [2.05, 4.69) is 20.6 Å². The highest BCUT2D eigenvalue weighted by Gasteiger charge is 2.15. The molecule has 152 valence electrons. The Kier molecular flexibility index (Phi) is 5.44. The smallest absolute Gasteiger partial charge is 0.283 e. The minimum absolute atomic E-state index is 0.0888. The third-order valence-corrected chi connectivity index (χ3v) is 4.75. The first-order valence-electron chi connectivity index (χ1n) is 9.01. The third-order valence-electron chi connectivity index (χ3n) is 4.42. The van der Waals surface area contributed by atoms with E-state index in [1.807, 2.05) is 24.3 Å². The van der Waals surface area contributed by atoms with Crippen molar-refractivity contribution < 1.29 is 9.53 Å². The molecule has 0 aliphatic rings. The van der Waals surface area contributed by atoms with Crippen LogP contribution in [0.15, 0.2) is 59.7 Å². The Balaban J connectivity index is 1.55. The van der Waals surface area contributed by atoms with Gasteiger partial charge in [0.05, 0.1) is 24.4 Å². The molecule has 0 unspecified atom stereocenters. The fourth-order valence-electron chi connectivity index (χ4n) is 2.96. The summed E-state index contributed by atoms with van der Waals surface area (Å²) >= 11 is 6.04. The van der Waals surface area contributed by atoms with E-state index in [4.69, 9.17) is 16.3 Å². The zero-order valence-corrected chi connectivity index (χ0v) is 16.7. The van der Waals surface area contributed by atoms with Crippen molar-refractivity contribution in [2.24, 2.45) is 0 Å². The van der Waals surface area contributed by atoms with E-state index >= 15 is 0 Å². The molecule has 0 bridgehead atoms. The minimum atomic E-state index is -0.453. The summed E-state index contributed by atoms with van der Waals surface area (Å²) < 4.78 is 7.93. The lowest BCUT2D eigenvalue weighted by atomic mass is 10.2. The largest absolute Gasteiger partial charge is 0.497 e. The molecule has 1 N–H and O–H groups in total. The molecule has 0 saturated carbocycles. The molecule has 30 heavy (non-hydrogen) atoms. The van der Waals surface area contributed by atoms with Gasteiger partial charge in [-0.25, -0.2) is 9.67 Å². The summed E-state index contributed by atoms with van der Waals surface area (Å²) in [4.78, 5) is 29.3. The normalized spacial score (nSPS) is 10.9. The van der Waals surface area contributed by atoms with E-state index in [-0.39, 0.29) is 12.1 Å². The van der Waals surface area contributed by atoms with Crippen molar-refractivity contribution in [3.63, 3.8) is 0 Å². The van der Waals surface area contributed by atoms with Gasteiger partial charge in [-0.2, -0.15) is 0 Å². The van der Waals surface area contributed by atoms with Gasteiger partial charge in [0.15, 0.2) is 11.2 Å². The molecule has 0 aliphatic heterocycles. The molecule has 0 saturated heterocycles. The third kappa shape index (κ3) is 4.01. The molecular weight excluding hydrogens is 408 g/mol. The van der Waals surface area contributed by atoms with E-state index < -0.39 is 11.5 Å². The summed E-state index contributed by atoms with van der Waals surface area (Å²) in [6.45, 7) is 0.146. The molecule has 9 nitrogen and oxygen atoms in total. The first-order chi connectivity index (χ1) is 14.5. The summed E-state index contributed by atoms with van der Waals surface area (Å²) in [6, 6.07) is 14.3. The summed E-state index contributed by atoms with van der Waals surface area (Å²) in [7, 11) is 1.59. The lowest BCUT2D eigenvalue weighted by Gasteiger charge is -2.08. The molecule has 0 aliphatic carbocycles. The lowest BCUT2D eigenvalue weighted by Crippen LogP contribution is -2.28. The average Bonchev–Trinajstić information content (AvgIpc) is 3.15. The van der Waals surface area contributed by atoms with Gasteiger partial charge < -0.3 is 10.1 Å². The number of ether oxygens (including phenoxy) is 1. The van der Waals surface area contributed by atoms with Crippen LogP contribution < -0.4 is 15.6 Å². The van der Waals surface area contributed by atoms with Crippen LogP contribution in [0.5, 0.6) is 5.75 Å². The number of carbonyl (C=O) groups is 1. The zero-order chi connectivity index (χ0) is 21.1. The molecule has 4 rings (SSSR count). The quantitative estimate of drug-likeness (QED) is 0.509. The van der Waals surface area contributed by atoms with E-state index in [0.717, 1.165) is 11.3 Å². The molecule has 0 atom stereocenters. The van der Waals surface area contributed by atoms with Crippen molar-refractivity contribution in [1.82, 2.24) is 24.5 Å². The van der Waals surface area contributed by atoms with Crippen molar-refractivity contribution in [2.75, 3.05) is 12.4 Å². The topological polar surface area (TPSA) is 104 Å². The molecule has 1 amide bonds. The summed E-state index contributed by atoms with van der Waals surface area (Å²) in [5, 5.41) is 11.1. The average molecular weight is 425 g/mol. The number of anilines is 1. The monoisotopic (exact) mass is 424 g/mol. The van der Waals surface area contributed by atoms with Gasteiger partial charge >= 0.3 is 0 Å². The maximum atomic E-state index is 12.7. The second-order valence-electron chi connectivity index (χ2n) is 6.48. The van der Waals surface area contributed by atoms with Gasteiger partial charge in [0.2, 0.25) is 5.91 Å². The standard InChI is InChI=1S/C20H17ClN6O3/c1-30-14-6-4-5-13(9-14)10-27-19-18(24-25-27)20(29)26(12-22-19)11-17(28)23-16-8-3-2-7-15(16)21/h2-9,12H,10-11H2,1H3,(H,23,28). The summed E-state index contributed by atoms with van der Waals surface area (Å²) in [5.74, 6) is 0.312. The van der Waals surface area contributed by atoms with Crippen molar-refractivity contribution in [1.29, 1.82) is 0 Å². The second kappa shape index (κ2) is 8.34. The van der Waals surface area contributed by atoms with E-state index in [9.17, 15) is 9.59 Å². The molecule has 2 heterocycles. The Morgan fingerprint density at radius 1 is 1.20 bits per heavy atom. The van der Waals surface area contributed by atoms with Gasteiger partial charge in [-0.1, -0.05) is 41.1 Å². The predicted octanol–water partition coefficient (Wildman–Crippen LogP) is 2.34. The number of nitrogens with one attached hydrogen (secondary N) is 1. The second-order valence-corrected chi connectivity index (χ2v) is 6.88. The van der Waals surface area contributed by atoms with Crippen LogP contribution in [0.25, 0.3) is 11.2 Å². The van der Waals surface area contributed by atoms with Crippen LogP contribution in [0.2, 0.25) is 5.02 Å². The zero-order valence-electron chi connectivity index (χ0n) is 15.9. The van der Waals surface area contributed by atoms with Crippen molar-refractivity contribution in [3.8, 4) is 5.75 Å². The molecule has 0 spiro atoms. The Morgan fingerprint density at radius 2 is 2.03 bits per heavy atom. The van der Waals surface area contributed by atoms with E-state index in [1.54, 1.807) is 31.4 Å². The number of amides is 1. The molecule has 10 heteroatoms. The van der Waals surface area contributed by atoms with E-state index in [0.29, 0.717) is 22.9 Å². The molecule has 2 aromatic heterocycles. The van der Waals surface area contributed by atoms with Crippen LogP contribution in [-0.4, -0.2) is 37.6 Å². The van der Waals surface area contributed by atoms with Gasteiger partial charge in [-0.3, -0.25) is 14.2 Å². The number of carbonyl (C=O) groups excluding carboxylic acids is 1. The van der Waals surface area contributed by atoms with Crippen LogP contribution in [0.4, 0.5) is 5.69 Å². The SMILES string of the molecule is COc1cccc(Cn2nnc3c(=O)n(CC(=O)Nc4ccccc4Cl)cnc32)c1. The highest BCUT2D eigenvalue weighted by Crippen LogP contribution is 2.20. The summed E-state index contributed by atoms with van der Waals surface area (Å²) in [5.41, 5.74) is 1.37. The maximum Gasteiger partial charge on any atom is 0.283 e. The highest BCUT2D eigenvalue weighted by atomic mass is 35.5. The number of benzene rings is 2. The number of para-hydroxylation sites is 1. The maximum absolute atomic E-state index is 12.7. The Bertz CT molecular complexity index is 1280. The number of fused-ring (bicyclic) bond motifs is 1. The highest BCUT2D eigenvalue weighted by molar-refractivity contribution is 6.33. The van der Waals surface area contributed by atoms with E-state index in [1.165, 1.54) is 15.6 Å². The van der Waals surface area contributed by atoms with Crippen LogP contribution in [0.1, 0.15) is 5.56 Å². The Labute approximate surface area is 175 Å². The van der Waals surface area contributed by atoms with Gasteiger partial charge in [-0.15, -0.1) is 5.10 Å². The Hall–Kier alpha value is -3.72. The predicted molar refractivity (Wildman–Crippen MR) is 112 cm³/mol. The van der Waals surface area contributed by atoms with Gasteiger partial charge in [-0.05, 0) is 29.8 Å². The van der Waals surface area contributed by atoms with Gasteiger partial charge in [0.25, 0.3) is 5.56 Å². The van der Waals surface area contributed by atoms with Crippen LogP contribution in [0.3, 0.4) is 0 Å². The van der Waals surface area contributed by atoms with Crippen molar-refractivity contribution in [2.45, 2.75) is 13.1 Å². The van der Waals surface area contributed by atoms with Crippen molar-refractivity contribution >= 4 is 34.4 Å². The molecule has 4 aromatic rings. The molecular formula is C20H17ClN6O3. The van der Waals surface area contributed by atoms with Crippen LogP contribution in [0, 0.1) is 0 Å². The number of methoxy groups -OCH3 is 1. The fourth-order valence-corrected chi connectivity index (χ4v) is 3.14. The van der Waals surface area contributed by atoms with Gasteiger partial charge in [0, 0.05) is 0 Å². The van der Waals surface area contributed by atoms with Crippen molar-refractivity contribution in [3.05, 3.63) is 75.8 Å². The fraction of sp³-hybridized carbons (Fsp3) is 0.150. The van der Waals surface area contributed by atoms with Crippen LogP contribution in [-0.2, 0) is 17.9 Å². The van der Waals surface area contributed by atoms with Crippen LogP contribution >= 0.6 is 11.6 Å². The number of aromatic nitrogens is 5. The Morgan fingerprint density at radius 3 is 2.83 bits per heavy atom. The molecule has 0 fully saturated rings. The first kappa shape index (κ1) is 19.6. The minimum Gasteiger partial charge on any atom is -0.497 e. The number of rotatable bonds is 6. The number of nitrogens with zero attached hydrogens (tertiary/aromatic N) is 5. The lowest BCUT2D eigenvalue weighted by molar-refractivity contribution is -0.116. The molecule has 2 aromatic carbocycles. The first-order valence-corrected chi connectivity index (χ1v) is 9.39. The summed E-state index contributed by atoms with van der Waals surface area (Å²) in [6.07, 6.45) is 1.31. The number of hydrogen-bond donors (Lipinski definition) is 1.